The maximum absolute atomic E-state index is 12.3. The minimum absolute atomic E-state index is 0.0188. The Morgan fingerprint density at radius 3 is 2.81 bits per heavy atom. The largest absolute Gasteiger partial charge is 0.377 e. The molecule has 1 N–H and O–H groups in total. The fourth-order valence-corrected chi connectivity index (χ4v) is 1.50. The van der Waals surface area contributed by atoms with E-state index < -0.39 is 24.3 Å². The minimum atomic E-state index is -3.09. The topological polar surface area (TPSA) is 58.6 Å². The summed E-state index contributed by atoms with van der Waals surface area (Å²) >= 11 is 0. The molecule has 0 aromatic carbocycles. The summed E-state index contributed by atoms with van der Waals surface area (Å²) < 4.78 is 29.6. The van der Waals surface area contributed by atoms with E-state index in [9.17, 15) is 18.4 Å². The molecule has 0 saturated carbocycles. The van der Waals surface area contributed by atoms with E-state index in [4.69, 9.17) is 4.74 Å². The lowest BCUT2D eigenvalue weighted by Gasteiger charge is -2.34. The second kappa shape index (κ2) is 5.74. The van der Waals surface area contributed by atoms with Gasteiger partial charge in [0, 0.05) is 13.1 Å². The van der Waals surface area contributed by atoms with Crippen molar-refractivity contribution in [1.82, 2.24) is 10.2 Å². The number of hydrogen-bond donors (Lipinski definition) is 1. The predicted molar refractivity (Wildman–Crippen MR) is 51.0 cm³/mol. The molecule has 0 bridgehead atoms. The molecular weight excluding hydrogens is 222 g/mol. The standard InChI is InChI=1S/C9H14F2N2O3/c1-2-12-8(14)6-5-16-4-3-13(6)9(15)7(10)11/h6-7H,2-5H2,1H3,(H,12,14). The van der Waals surface area contributed by atoms with Gasteiger partial charge in [-0.25, -0.2) is 0 Å². The van der Waals surface area contributed by atoms with E-state index in [-0.39, 0.29) is 19.8 Å². The third-order valence-corrected chi connectivity index (χ3v) is 2.25. The second-order valence-corrected chi connectivity index (χ2v) is 3.32. The molecule has 2 amide bonds. The van der Waals surface area contributed by atoms with E-state index in [1.165, 1.54) is 0 Å². The Hall–Kier alpha value is -1.24. The van der Waals surface area contributed by atoms with Gasteiger partial charge in [0.05, 0.1) is 13.2 Å². The summed E-state index contributed by atoms with van der Waals surface area (Å²) in [5.74, 6) is -1.78. The highest BCUT2D eigenvalue weighted by atomic mass is 19.3. The van der Waals surface area contributed by atoms with Crippen molar-refractivity contribution in [2.75, 3.05) is 26.3 Å². The third kappa shape index (κ3) is 2.88. The highest BCUT2D eigenvalue weighted by molar-refractivity contribution is 5.89. The molecule has 1 aliphatic rings. The normalized spacial score (nSPS) is 21.0. The molecule has 5 nitrogen and oxygen atoms in total. The summed E-state index contributed by atoms with van der Waals surface area (Å²) in [7, 11) is 0. The zero-order valence-corrected chi connectivity index (χ0v) is 8.91. The van der Waals surface area contributed by atoms with E-state index >= 15 is 0 Å². The fraction of sp³-hybridized carbons (Fsp3) is 0.778. The number of alkyl halides is 2. The Morgan fingerprint density at radius 2 is 2.25 bits per heavy atom. The molecule has 0 aromatic heterocycles. The highest BCUT2D eigenvalue weighted by Crippen LogP contribution is 2.11. The van der Waals surface area contributed by atoms with Crippen molar-refractivity contribution in [2.45, 2.75) is 19.4 Å². The molecule has 1 fully saturated rings. The van der Waals surface area contributed by atoms with Crippen LogP contribution in [-0.4, -0.2) is 55.5 Å². The molecule has 0 spiro atoms. The van der Waals surface area contributed by atoms with Crippen molar-refractivity contribution in [2.24, 2.45) is 0 Å². The molecule has 0 radical (unpaired) electrons. The first kappa shape index (κ1) is 12.8. The van der Waals surface area contributed by atoms with E-state index in [1.54, 1.807) is 6.92 Å². The number of nitrogens with one attached hydrogen (secondary N) is 1. The SMILES string of the molecule is CCNC(=O)C1COCCN1C(=O)C(F)F. The Kier molecular flexibility index (Phi) is 4.60. The molecule has 1 saturated heterocycles. The summed E-state index contributed by atoms with van der Waals surface area (Å²) in [4.78, 5) is 23.5. The number of amides is 2. The average Bonchev–Trinajstić information content (AvgIpc) is 2.28. The van der Waals surface area contributed by atoms with Gasteiger partial charge in [-0.3, -0.25) is 9.59 Å². The molecule has 1 rings (SSSR count). The number of rotatable bonds is 3. The molecule has 92 valence electrons. The summed E-state index contributed by atoms with van der Waals surface area (Å²) in [6.07, 6.45) is -3.09. The number of ether oxygens (including phenoxy) is 1. The fourth-order valence-electron chi connectivity index (χ4n) is 1.50. The first-order chi connectivity index (χ1) is 7.57. The van der Waals surface area contributed by atoms with Gasteiger partial charge in [0.25, 0.3) is 5.91 Å². The molecule has 1 unspecified atom stereocenters. The third-order valence-electron chi connectivity index (χ3n) is 2.25. The Morgan fingerprint density at radius 1 is 1.56 bits per heavy atom. The summed E-state index contributed by atoms with van der Waals surface area (Å²) in [5.41, 5.74) is 0. The van der Waals surface area contributed by atoms with Gasteiger partial charge in [-0.15, -0.1) is 0 Å². The van der Waals surface area contributed by atoms with Crippen molar-refractivity contribution < 1.29 is 23.1 Å². The Labute approximate surface area is 91.7 Å². The van der Waals surface area contributed by atoms with Gasteiger partial charge < -0.3 is 15.0 Å². The van der Waals surface area contributed by atoms with Crippen molar-refractivity contribution in [3.05, 3.63) is 0 Å². The lowest BCUT2D eigenvalue weighted by molar-refractivity contribution is -0.156. The molecule has 7 heteroatoms. The zero-order chi connectivity index (χ0) is 12.1. The van der Waals surface area contributed by atoms with Gasteiger partial charge in [0.1, 0.15) is 6.04 Å². The molecular formula is C9H14F2N2O3. The van der Waals surface area contributed by atoms with Crippen LogP contribution in [0, 0.1) is 0 Å². The van der Waals surface area contributed by atoms with Crippen molar-refractivity contribution in [3.63, 3.8) is 0 Å². The zero-order valence-electron chi connectivity index (χ0n) is 8.91. The quantitative estimate of drug-likeness (QED) is 0.726. The van der Waals surface area contributed by atoms with Gasteiger partial charge in [-0.1, -0.05) is 0 Å². The van der Waals surface area contributed by atoms with Crippen LogP contribution < -0.4 is 5.32 Å². The molecule has 1 aliphatic heterocycles. The van der Waals surface area contributed by atoms with Crippen LogP contribution in [0.3, 0.4) is 0 Å². The van der Waals surface area contributed by atoms with Gasteiger partial charge in [0.15, 0.2) is 0 Å². The molecule has 1 atom stereocenters. The number of likely N-dealkylation sites (N-methyl/N-ethyl adjacent to an activating group) is 1. The van der Waals surface area contributed by atoms with Crippen LogP contribution in [0.15, 0.2) is 0 Å². The van der Waals surface area contributed by atoms with Gasteiger partial charge in [-0.2, -0.15) is 8.78 Å². The van der Waals surface area contributed by atoms with Crippen LogP contribution in [0.4, 0.5) is 8.78 Å². The predicted octanol–water partition coefficient (Wildman–Crippen LogP) is -0.385. The maximum atomic E-state index is 12.3. The number of carbonyl (C=O) groups is 2. The lowest BCUT2D eigenvalue weighted by atomic mass is 10.2. The first-order valence-corrected chi connectivity index (χ1v) is 5.02. The van der Waals surface area contributed by atoms with Gasteiger partial charge in [0.2, 0.25) is 5.91 Å². The number of morpholine rings is 1. The van der Waals surface area contributed by atoms with Crippen LogP contribution in [-0.2, 0) is 14.3 Å². The Bertz CT molecular complexity index is 273. The van der Waals surface area contributed by atoms with Crippen LogP contribution in [0.25, 0.3) is 0 Å². The van der Waals surface area contributed by atoms with Crippen LogP contribution in [0.1, 0.15) is 6.92 Å². The van der Waals surface area contributed by atoms with E-state index in [2.05, 4.69) is 5.32 Å². The summed E-state index contributed by atoms with van der Waals surface area (Å²) in [5, 5.41) is 2.48. The Balaban J connectivity index is 2.71. The average molecular weight is 236 g/mol. The van der Waals surface area contributed by atoms with E-state index in [0.29, 0.717) is 6.54 Å². The number of carbonyl (C=O) groups excluding carboxylic acids is 2. The maximum Gasteiger partial charge on any atom is 0.315 e. The molecule has 1 heterocycles. The summed E-state index contributed by atoms with van der Waals surface area (Å²) in [6.45, 7) is 2.25. The highest BCUT2D eigenvalue weighted by Gasteiger charge is 2.35. The second-order valence-electron chi connectivity index (χ2n) is 3.32. The van der Waals surface area contributed by atoms with E-state index in [1.807, 2.05) is 0 Å². The van der Waals surface area contributed by atoms with Crippen molar-refractivity contribution in [3.8, 4) is 0 Å². The number of nitrogens with zero attached hydrogens (tertiary/aromatic N) is 1. The molecule has 0 aromatic rings. The van der Waals surface area contributed by atoms with Gasteiger partial charge in [-0.05, 0) is 6.92 Å². The van der Waals surface area contributed by atoms with Gasteiger partial charge >= 0.3 is 6.43 Å². The molecule has 16 heavy (non-hydrogen) atoms. The van der Waals surface area contributed by atoms with E-state index in [0.717, 1.165) is 4.90 Å². The first-order valence-electron chi connectivity index (χ1n) is 5.02. The van der Waals surface area contributed by atoms with Crippen LogP contribution >= 0.6 is 0 Å². The molecule has 0 aliphatic carbocycles. The lowest BCUT2D eigenvalue weighted by Crippen LogP contribution is -2.57. The smallest absolute Gasteiger partial charge is 0.315 e. The number of hydrogen-bond acceptors (Lipinski definition) is 3. The van der Waals surface area contributed by atoms with Crippen molar-refractivity contribution in [1.29, 1.82) is 0 Å². The summed E-state index contributed by atoms with van der Waals surface area (Å²) in [6, 6.07) is -0.949. The van der Waals surface area contributed by atoms with Crippen LogP contribution in [0.5, 0.6) is 0 Å². The number of halogens is 2. The van der Waals surface area contributed by atoms with Crippen molar-refractivity contribution >= 4 is 11.8 Å². The van der Waals surface area contributed by atoms with Crippen LogP contribution in [0.2, 0.25) is 0 Å². The minimum Gasteiger partial charge on any atom is -0.377 e. The monoisotopic (exact) mass is 236 g/mol.